The van der Waals surface area contributed by atoms with Gasteiger partial charge in [0, 0.05) is 12.7 Å². The third-order valence-electron chi connectivity index (χ3n) is 1.52. The molecule has 0 atom stereocenters. The number of benzene rings is 1. The summed E-state index contributed by atoms with van der Waals surface area (Å²) in [6.07, 6.45) is 2.61. The molecule has 0 bridgehead atoms. The summed E-state index contributed by atoms with van der Waals surface area (Å²) in [6, 6.07) is 7.68. The first-order chi connectivity index (χ1) is 6.36. The molecule has 0 amide bonds. The van der Waals surface area contributed by atoms with Gasteiger partial charge < -0.3 is 11.1 Å². The highest BCUT2D eigenvalue weighted by Gasteiger charge is 1.87. The maximum atomic E-state index is 5.05. The first-order valence-electron chi connectivity index (χ1n) is 3.90. The van der Waals surface area contributed by atoms with Crippen LogP contribution in [0.25, 0.3) is 0 Å². The molecule has 68 valence electrons. The Labute approximate surface area is 77.2 Å². The van der Waals surface area contributed by atoms with E-state index in [-0.39, 0.29) is 0 Å². The van der Waals surface area contributed by atoms with Crippen molar-refractivity contribution in [1.29, 1.82) is 0 Å². The number of nitrogens with zero attached hydrogens (tertiary/aromatic N) is 2. The van der Waals surface area contributed by atoms with Crippen molar-refractivity contribution in [1.82, 2.24) is 0 Å². The van der Waals surface area contributed by atoms with Gasteiger partial charge in [-0.05, 0) is 24.3 Å². The van der Waals surface area contributed by atoms with Crippen LogP contribution in [0.1, 0.15) is 0 Å². The Hall–Kier alpha value is -1.84. The van der Waals surface area contributed by atoms with E-state index in [1.807, 2.05) is 31.3 Å². The van der Waals surface area contributed by atoms with Crippen LogP contribution in [0, 0.1) is 0 Å². The van der Waals surface area contributed by atoms with Crippen LogP contribution in [0.5, 0.6) is 0 Å². The lowest BCUT2D eigenvalue weighted by Crippen LogP contribution is -1.87. The molecule has 0 saturated carbocycles. The van der Waals surface area contributed by atoms with E-state index in [0.717, 1.165) is 11.4 Å². The molecular formula is C9H12N4. The van der Waals surface area contributed by atoms with Gasteiger partial charge in [0.05, 0.1) is 12.0 Å². The Kier molecular flexibility index (Phi) is 3.50. The summed E-state index contributed by atoms with van der Waals surface area (Å²) in [6.45, 7) is 0. The lowest BCUT2D eigenvalue weighted by atomic mass is 10.3. The molecule has 0 aliphatic rings. The molecule has 0 saturated heterocycles. The van der Waals surface area contributed by atoms with Gasteiger partial charge in [0.15, 0.2) is 0 Å². The van der Waals surface area contributed by atoms with Gasteiger partial charge in [0.25, 0.3) is 0 Å². The smallest absolute Gasteiger partial charge is 0.117 e. The number of nitrogens with two attached hydrogens (primary N) is 1. The Morgan fingerprint density at radius 3 is 2.54 bits per heavy atom. The van der Waals surface area contributed by atoms with Gasteiger partial charge in [-0.15, -0.1) is 0 Å². The minimum atomic E-state index is 0.851. The molecule has 0 aliphatic carbocycles. The van der Waals surface area contributed by atoms with Crippen molar-refractivity contribution in [2.45, 2.75) is 0 Å². The summed E-state index contributed by atoms with van der Waals surface area (Å²) in [7, 11) is 1.87. The maximum absolute atomic E-state index is 5.05. The number of nitrogens with one attached hydrogen (secondary N) is 1. The van der Waals surface area contributed by atoms with Crippen molar-refractivity contribution >= 4 is 24.1 Å². The van der Waals surface area contributed by atoms with Gasteiger partial charge in [-0.1, -0.05) is 0 Å². The molecule has 0 aromatic heterocycles. The van der Waals surface area contributed by atoms with Gasteiger partial charge in [0.1, 0.15) is 6.34 Å². The molecule has 1 rings (SSSR count). The predicted octanol–water partition coefficient (Wildman–Crippen LogP) is 1.38. The van der Waals surface area contributed by atoms with Gasteiger partial charge in [-0.25, -0.2) is 9.98 Å². The third kappa shape index (κ3) is 2.94. The van der Waals surface area contributed by atoms with Gasteiger partial charge >= 0.3 is 0 Å². The Balaban J connectivity index is 2.69. The SMILES string of the molecule is CNc1ccc(N=CN=CN)cc1. The fraction of sp³-hybridized carbons (Fsp3) is 0.111. The van der Waals surface area contributed by atoms with Crippen LogP contribution in [0.3, 0.4) is 0 Å². The van der Waals surface area contributed by atoms with E-state index >= 15 is 0 Å². The molecular weight excluding hydrogens is 164 g/mol. The summed E-state index contributed by atoms with van der Waals surface area (Å²) in [5, 5.41) is 3.02. The second kappa shape index (κ2) is 4.92. The van der Waals surface area contributed by atoms with E-state index in [1.165, 1.54) is 12.7 Å². The Morgan fingerprint density at radius 1 is 1.31 bits per heavy atom. The highest BCUT2D eigenvalue weighted by atomic mass is 14.9. The number of hydrogen-bond acceptors (Lipinski definition) is 2. The standard InChI is InChI=1S/C9H12N4/c1-11-8-2-4-9(5-3-8)13-7-12-6-10/h2-7,11H,1H3,(H2,10,12,13). The minimum absolute atomic E-state index is 0.851. The molecule has 0 fully saturated rings. The summed E-state index contributed by atoms with van der Waals surface area (Å²) in [4.78, 5) is 7.70. The van der Waals surface area contributed by atoms with Crippen molar-refractivity contribution in [3.05, 3.63) is 24.3 Å². The summed E-state index contributed by atoms with van der Waals surface area (Å²) < 4.78 is 0. The highest BCUT2D eigenvalue weighted by molar-refractivity contribution is 5.72. The first-order valence-corrected chi connectivity index (χ1v) is 3.90. The van der Waals surface area contributed by atoms with Crippen LogP contribution in [-0.2, 0) is 0 Å². The fourth-order valence-electron chi connectivity index (χ4n) is 0.853. The second-order valence-electron chi connectivity index (χ2n) is 2.34. The van der Waals surface area contributed by atoms with E-state index in [9.17, 15) is 0 Å². The van der Waals surface area contributed by atoms with Crippen LogP contribution in [0.15, 0.2) is 34.3 Å². The lowest BCUT2D eigenvalue weighted by Gasteiger charge is -1.98. The fourth-order valence-corrected chi connectivity index (χ4v) is 0.853. The molecule has 13 heavy (non-hydrogen) atoms. The van der Waals surface area contributed by atoms with Crippen LogP contribution in [0.2, 0.25) is 0 Å². The van der Waals surface area contributed by atoms with Crippen molar-refractivity contribution in [2.24, 2.45) is 15.7 Å². The molecule has 0 aliphatic heterocycles. The van der Waals surface area contributed by atoms with E-state index in [1.54, 1.807) is 0 Å². The van der Waals surface area contributed by atoms with Gasteiger partial charge in [0.2, 0.25) is 0 Å². The number of aliphatic imine (C=N–C) groups is 2. The second-order valence-corrected chi connectivity index (χ2v) is 2.34. The minimum Gasteiger partial charge on any atom is -0.390 e. The lowest BCUT2D eigenvalue weighted by molar-refractivity contribution is 1.47. The van der Waals surface area contributed by atoms with Crippen LogP contribution in [-0.4, -0.2) is 19.7 Å². The molecule has 4 heteroatoms. The maximum Gasteiger partial charge on any atom is 0.117 e. The van der Waals surface area contributed by atoms with Crippen molar-refractivity contribution in [3.63, 3.8) is 0 Å². The molecule has 3 N–H and O–H groups in total. The average molecular weight is 176 g/mol. The van der Waals surface area contributed by atoms with Crippen molar-refractivity contribution in [2.75, 3.05) is 12.4 Å². The molecule has 0 unspecified atom stereocenters. The molecule has 0 spiro atoms. The Morgan fingerprint density at radius 2 is 2.00 bits per heavy atom. The summed E-state index contributed by atoms with van der Waals surface area (Å²) >= 11 is 0. The molecule has 4 nitrogen and oxygen atoms in total. The summed E-state index contributed by atoms with van der Waals surface area (Å²) in [5.41, 5.74) is 6.95. The van der Waals surface area contributed by atoms with E-state index in [4.69, 9.17) is 5.73 Å². The predicted molar refractivity (Wildman–Crippen MR) is 56.8 cm³/mol. The van der Waals surface area contributed by atoms with Crippen molar-refractivity contribution < 1.29 is 0 Å². The average Bonchev–Trinajstić information content (AvgIpc) is 2.19. The first kappa shape index (κ1) is 9.25. The monoisotopic (exact) mass is 176 g/mol. The largest absolute Gasteiger partial charge is 0.390 e. The zero-order valence-electron chi connectivity index (χ0n) is 7.44. The third-order valence-corrected chi connectivity index (χ3v) is 1.52. The molecule has 1 aromatic rings. The highest BCUT2D eigenvalue weighted by Crippen LogP contribution is 2.14. The van der Waals surface area contributed by atoms with Crippen LogP contribution >= 0.6 is 0 Å². The molecule has 0 radical (unpaired) electrons. The van der Waals surface area contributed by atoms with Gasteiger partial charge in [-0.2, -0.15) is 0 Å². The van der Waals surface area contributed by atoms with Crippen molar-refractivity contribution in [3.8, 4) is 0 Å². The number of hydrogen-bond donors (Lipinski definition) is 2. The summed E-state index contributed by atoms with van der Waals surface area (Å²) in [5.74, 6) is 0. The number of rotatable bonds is 3. The molecule has 1 aromatic carbocycles. The topological polar surface area (TPSA) is 62.8 Å². The van der Waals surface area contributed by atoms with Crippen LogP contribution in [0.4, 0.5) is 11.4 Å². The van der Waals surface area contributed by atoms with E-state index in [2.05, 4.69) is 15.3 Å². The van der Waals surface area contributed by atoms with Crippen LogP contribution < -0.4 is 11.1 Å². The quantitative estimate of drug-likeness (QED) is 0.539. The zero-order chi connectivity index (χ0) is 9.52. The Bertz CT molecular complexity index is 300. The normalized spacial score (nSPS) is 11.2. The zero-order valence-corrected chi connectivity index (χ0v) is 7.44. The molecule has 0 heterocycles. The number of anilines is 1. The van der Waals surface area contributed by atoms with Gasteiger partial charge in [-0.3, -0.25) is 0 Å². The van der Waals surface area contributed by atoms with E-state index < -0.39 is 0 Å². The van der Waals surface area contributed by atoms with E-state index in [0.29, 0.717) is 0 Å².